The maximum atomic E-state index is 12.0. The van der Waals surface area contributed by atoms with Crippen molar-refractivity contribution in [2.45, 2.75) is 12.3 Å². The highest BCUT2D eigenvalue weighted by molar-refractivity contribution is 4.74. The molecular formula is C7H13F3N2O. The van der Waals surface area contributed by atoms with Crippen molar-refractivity contribution in [2.75, 3.05) is 32.7 Å². The van der Waals surface area contributed by atoms with Gasteiger partial charge in [0.15, 0.2) is 0 Å². The molecule has 0 radical (unpaired) electrons. The van der Waals surface area contributed by atoms with Crippen LogP contribution in [0, 0.1) is 0 Å². The summed E-state index contributed by atoms with van der Waals surface area (Å²) in [5.41, 5.74) is 0. The fourth-order valence-electron chi connectivity index (χ4n) is 1.36. The third-order valence-corrected chi connectivity index (χ3v) is 1.86. The number of hydrogen-bond acceptors (Lipinski definition) is 3. The Labute approximate surface area is 74.5 Å². The SMILES string of the molecule is OC1CNCCN(CC(F)(F)F)C1. The van der Waals surface area contributed by atoms with E-state index >= 15 is 0 Å². The molecule has 0 aromatic rings. The second kappa shape index (κ2) is 4.26. The minimum atomic E-state index is -4.18. The van der Waals surface area contributed by atoms with E-state index in [1.165, 1.54) is 4.90 Å². The van der Waals surface area contributed by atoms with Gasteiger partial charge < -0.3 is 10.4 Å². The molecule has 0 aliphatic carbocycles. The molecule has 2 N–H and O–H groups in total. The van der Waals surface area contributed by atoms with Crippen LogP contribution in [0.15, 0.2) is 0 Å². The van der Waals surface area contributed by atoms with E-state index in [9.17, 15) is 18.3 Å². The molecular weight excluding hydrogens is 185 g/mol. The lowest BCUT2D eigenvalue weighted by Crippen LogP contribution is -2.39. The van der Waals surface area contributed by atoms with Crippen LogP contribution in [0.3, 0.4) is 0 Å². The van der Waals surface area contributed by atoms with Crippen molar-refractivity contribution in [3.8, 4) is 0 Å². The Morgan fingerprint density at radius 3 is 2.77 bits per heavy atom. The van der Waals surface area contributed by atoms with Crippen molar-refractivity contribution in [3.05, 3.63) is 0 Å². The smallest absolute Gasteiger partial charge is 0.390 e. The monoisotopic (exact) mass is 198 g/mol. The third kappa shape index (κ3) is 4.44. The first-order chi connectivity index (χ1) is 5.97. The predicted molar refractivity (Wildman–Crippen MR) is 41.4 cm³/mol. The second-order valence-electron chi connectivity index (χ2n) is 3.21. The molecule has 0 amide bonds. The van der Waals surface area contributed by atoms with Gasteiger partial charge in [0.2, 0.25) is 0 Å². The van der Waals surface area contributed by atoms with Crippen LogP contribution in [0.2, 0.25) is 0 Å². The zero-order valence-corrected chi connectivity index (χ0v) is 7.14. The van der Waals surface area contributed by atoms with Gasteiger partial charge in [0.1, 0.15) is 0 Å². The van der Waals surface area contributed by atoms with E-state index in [1.54, 1.807) is 0 Å². The van der Waals surface area contributed by atoms with Crippen molar-refractivity contribution in [2.24, 2.45) is 0 Å². The molecule has 1 aliphatic rings. The van der Waals surface area contributed by atoms with Crippen LogP contribution in [-0.4, -0.2) is 55.0 Å². The molecule has 0 bridgehead atoms. The van der Waals surface area contributed by atoms with Crippen LogP contribution in [-0.2, 0) is 0 Å². The Hall–Kier alpha value is -0.330. The van der Waals surface area contributed by atoms with Gasteiger partial charge >= 0.3 is 6.18 Å². The summed E-state index contributed by atoms with van der Waals surface area (Å²) in [6.07, 6.45) is -4.88. The molecule has 13 heavy (non-hydrogen) atoms. The van der Waals surface area contributed by atoms with Gasteiger partial charge in [-0.2, -0.15) is 13.2 Å². The number of aliphatic hydroxyl groups excluding tert-OH is 1. The molecule has 1 saturated heterocycles. The molecule has 1 fully saturated rings. The first-order valence-corrected chi connectivity index (χ1v) is 4.15. The molecule has 1 heterocycles. The number of β-amino-alcohol motifs (C(OH)–C–C–N with tert-alkyl or cyclic N) is 1. The van der Waals surface area contributed by atoms with Crippen LogP contribution in [0.1, 0.15) is 0 Å². The highest BCUT2D eigenvalue weighted by Crippen LogP contribution is 2.16. The summed E-state index contributed by atoms with van der Waals surface area (Å²) in [6, 6.07) is 0. The van der Waals surface area contributed by atoms with Crippen molar-refractivity contribution in [1.29, 1.82) is 0 Å². The van der Waals surface area contributed by atoms with Gasteiger partial charge in [0, 0.05) is 26.2 Å². The molecule has 0 spiro atoms. The van der Waals surface area contributed by atoms with Gasteiger partial charge in [-0.15, -0.1) is 0 Å². The van der Waals surface area contributed by atoms with Gasteiger partial charge in [-0.1, -0.05) is 0 Å². The maximum Gasteiger partial charge on any atom is 0.401 e. The summed E-state index contributed by atoms with van der Waals surface area (Å²) in [5, 5.41) is 12.0. The number of aliphatic hydroxyl groups is 1. The Kier molecular flexibility index (Phi) is 3.52. The van der Waals surface area contributed by atoms with E-state index < -0.39 is 18.8 Å². The highest BCUT2D eigenvalue weighted by Gasteiger charge is 2.31. The average Bonchev–Trinajstić information content (AvgIpc) is 2.10. The third-order valence-electron chi connectivity index (χ3n) is 1.86. The molecule has 1 atom stereocenters. The van der Waals surface area contributed by atoms with Crippen molar-refractivity contribution < 1.29 is 18.3 Å². The number of nitrogens with one attached hydrogen (secondary N) is 1. The van der Waals surface area contributed by atoms with Crippen LogP contribution in [0.5, 0.6) is 0 Å². The lowest BCUT2D eigenvalue weighted by molar-refractivity contribution is -0.147. The zero-order valence-electron chi connectivity index (χ0n) is 7.14. The Morgan fingerprint density at radius 1 is 1.46 bits per heavy atom. The van der Waals surface area contributed by atoms with E-state index in [1.807, 2.05) is 0 Å². The van der Waals surface area contributed by atoms with Gasteiger partial charge in [-0.3, -0.25) is 4.90 Å². The van der Waals surface area contributed by atoms with Crippen LogP contribution < -0.4 is 5.32 Å². The number of rotatable bonds is 1. The van der Waals surface area contributed by atoms with E-state index in [-0.39, 0.29) is 6.54 Å². The van der Waals surface area contributed by atoms with Gasteiger partial charge in [0.05, 0.1) is 12.6 Å². The fourth-order valence-corrected chi connectivity index (χ4v) is 1.36. The Bertz CT molecular complexity index is 162. The van der Waals surface area contributed by atoms with E-state index in [0.717, 1.165) is 0 Å². The van der Waals surface area contributed by atoms with E-state index in [2.05, 4.69) is 5.32 Å². The van der Waals surface area contributed by atoms with Crippen molar-refractivity contribution in [3.63, 3.8) is 0 Å². The fraction of sp³-hybridized carbons (Fsp3) is 1.00. The lowest BCUT2D eigenvalue weighted by atomic mass is 10.3. The Morgan fingerprint density at radius 2 is 2.15 bits per heavy atom. The van der Waals surface area contributed by atoms with E-state index in [0.29, 0.717) is 19.6 Å². The average molecular weight is 198 g/mol. The standard InChI is InChI=1S/C7H13F3N2O/c8-7(9,10)5-12-2-1-11-3-6(13)4-12/h6,11,13H,1-5H2. The molecule has 1 unspecified atom stereocenters. The highest BCUT2D eigenvalue weighted by atomic mass is 19.4. The van der Waals surface area contributed by atoms with Crippen LogP contribution in [0.25, 0.3) is 0 Å². The normalized spacial score (nSPS) is 27.2. The summed E-state index contributed by atoms with van der Waals surface area (Å²) >= 11 is 0. The molecule has 6 heteroatoms. The van der Waals surface area contributed by atoms with Gasteiger partial charge in [-0.05, 0) is 0 Å². The first-order valence-electron chi connectivity index (χ1n) is 4.15. The summed E-state index contributed by atoms with van der Waals surface area (Å²) in [5.74, 6) is 0. The largest absolute Gasteiger partial charge is 0.401 e. The quantitative estimate of drug-likeness (QED) is 0.613. The topological polar surface area (TPSA) is 35.5 Å². The summed E-state index contributed by atoms with van der Waals surface area (Å²) in [7, 11) is 0. The summed E-state index contributed by atoms with van der Waals surface area (Å²) in [4.78, 5) is 1.21. The number of alkyl halides is 3. The number of nitrogens with zero attached hydrogens (tertiary/aromatic N) is 1. The van der Waals surface area contributed by atoms with Crippen LogP contribution in [0.4, 0.5) is 13.2 Å². The summed E-state index contributed by atoms with van der Waals surface area (Å²) in [6.45, 7) is 0.344. The number of hydrogen-bond donors (Lipinski definition) is 2. The lowest BCUT2D eigenvalue weighted by Gasteiger charge is -2.22. The first kappa shape index (κ1) is 10.7. The molecule has 1 rings (SSSR count). The minimum absolute atomic E-state index is 0.0898. The Balaban J connectivity index is 2.39. The molecule has 0 saturated carbocycles. The predicted octanol–water partition coefficient (Wildman–Crippen LogP) is -0.185. The zero-order chi connectivity index (χ0) is 9.90. The molecule has 0 aromatic heterocycles. The van der Waals surface area contributed by atoms with Gasteiger partial charge in [0.25, 0.3) is 0 Å². The van der Waals surface area contributed by atoms with Gasteiger partial charge in [-0.25, -0.2) is 0 Å². The number of halogens is 3. The maximum absolute atomic E-state index is 12.0. The van der Waals surface area contributed by atoms with Crippen LogP contribution >= 0.6 is 0 Å². The molecule has 1 aliphatic heterocycles. The molecule has 0 aromatic carbocycles. The molecule has 78 valence electrons. The minimum Gasteiger partial charge on any atom is -0.390 e. The van der Waals surface area contributed by atoms with Crippen molar-refractivity contribution in [1.82, 2.24) is 10.2 Å². The van der Waals surface area contributed by atoms with E-state index in [4.69, 9.17) is 0 Å². The summed E-state index contributed by atoms with van der Waals surface area (Å²) < 4.78 is 35.9. The van der Waals surface area contributed by atoms with Crippen molar-refractivity contribution >= 4 is 0 Å². The molecule has 3 nitrogen and oxygen atoms in total. The second-order valence-corrected chi connectivity index (χ2v) is 3.21.